The average molecular weight is 428 g/mol. The Labute approximate surface area is 182 Å². The van der Waals surface area contributed by atoms with Crippen LogP contribution in [0.4, 0.5) is 11.4 Å². The maximum absolute atomic E-state index is 12.5. The van der Waals surface area contributed by atoms with Crippen LogP contribution >= 0.6 is 0 Å². The Morgan fingerprint density at radius 1 is 0.903 bits per heavy atom. The molecule has 166 valence electrons. The van der Waals surface area contributed by atoms with Crippen molar-refractivity contribution in [1.29, 1.82) is 0 Å². The van der Waals surface area contributed by atoms with E-state index in [2.05, 4.69) is 12.2 Å². The Balaban J connectivity index is 1.97. The van der Waals surface area contributed by atoms with Crippen LogP contribution in [0.1, 0.15) is 79.9 Å². The van der Waals surface area contributed by atoms with Crippen LogP contribution in [0.5, 0.6) is 0 Å². The third kappa shape index (κ3) is 7.47. The van der Waals surface area contributed by atoms with E-state index < -0.39 is 27.1 Å². The predicted molar refractivity (Wildman–Crippen MR) is 119 cm³/mol. The molecular formula is C23H29N3O5. The van der Waals surface area contributed by atoms with Crippen molar-refractivity contribution in [2.24, 2.45) is 0 Å². The highest BCUT2D eigenvalue weighted by Gasteiger charge is 2.21. The van der Waals surface area contributed by atoms with Gasteiger partial charge in [0.1, 0.15) is 0 Å². The fourth-order valence-electron chi connectivity index (χ4n) is 3.38. The lowest BCUT2D eigenvalue weighted by Gasteiger charge is -2.15. The zero-order chi connectivity index (χ0) is 22.8. The van der Waals surface area contributed by atoms with E-state index in [1.54, 1.807) is 6.92 Å². The fourth-order valence-corrected chi connectivity index (χ4v) is 3.38. The maximum atomic E-state index is 12.5. The maximum Gasteiger partial charge on any atom is 0.277 e. The first-order valence-electron chi connectivity index (χ1n) is 10.7. The minimum Gasteiger partial charge on any atom is -0.346 e. The molecule has 0 fully saturated rings. The number of nitrogens with zero attached hydrogens (tertiary/aromatic N) is 2. The Bertz CT molecular complexity index is 880. The number of nitrogens with one attached hydrogen (secondary N) is 1. The lowest BCUT2D eigenvalue weighted by molar-refractivity contribution is -0.394. The summed E-state index contributed by atoms with van der Waals surface area (Å²) < 4.78 is 0. The van der Waals surface area contributed by atoms with Gasteiger partial charge in [0.15, 0.2) is 0 Å². The number of aryl methyl sites for hydroxylation is 1. The number of nitro benzene ring substituents is 2. The van der Waals surface area contributed by atoms with Gasteiger partial charge < -0.3 is 5.32 Å². The summed E-state index contributed by atoms with van der Waals surface area (Å²) in [6, 6.07) is 10.6. The normalized spacial score (nSPS) is 11.7. The van der Waals surface area contributed by atoms with Crippen LogP contribution in [0, 0.1) is 20.2 Å². The molecule has 0 aromatic heterocycles. The van der Waals surface area contributed by atoms with E-state index in [1.165, 1.54) is 37.7 Å². The van der Waals surface area contributed by atoms with E-state index in [1.807, 2.05) is 24.3 Å². The fraction of sp³-hybridized carbons (Fsp3) is 0.435. The number of benzene rings is 2. The monoisotopic (exact) mass is 427 g/mol. The smallest absolute Gasteiger partial charge is 0.277 e. The number of hydrogen-bond acceptors (Lipinski definition) is 5. The molecule has 0 unspecified atom stereocenters. The summed E-state index contributed by atoms with van der Waals surface area (Å²) in [5.74, 6) is -0.601. The largest absolute Gasteiger partial charge is 0.346 e. The second kappa shape index (κ2) is 11.8. The van der Waals surface area contributed by atoms with E-state index >= 15 is 0 Å². The van der Waals surface area contributed by atoms with Crippen LogP contribution in [0.25, 0.3) is 0 Å². The molecule has 0 heterocycles. The van der Waals surface area contributed by atoms with Crippen molar-refractivity contribution in [3.8, 4) is 0 Å². The van der Waals surface area contributed by atoms with Crippen LogP contribution in [-0.2, 0) is 6.42 Å². The number of carbonyl (C=O) groups excluding carboxylic acids is 1. The summed E-state index contributed by atoms with van der Waals surface area (Å²) in [4.78, 5) is 33.1. The first kappa shape index (κ1) is 24.0. The number of amides is 1. The highest BCUT2D eigenvalue weighted by molar-refractivity contribution is 5.95. The topological polar surface area (TPSA) is 115 Å². The summed E-state index contributed by atoms with van der Waals surface area (Å²) >= 11 is 0. The SMILES string of the molecule is CCCCCCCCc1ccc([C@@H](C)NC(=O)c2cc([N+](=O)[O-])cc([N+](=O)[O-])c2)cc1. The lowest BCUT2D eigenvalue weighted by Crippen LogP contribution is -2.26. The number of hydrogen-bond donors (Lipinski definition) is 1. The van der Waals surface area contributed by atoms with Crippen molar-refractivity contribution >= 4 is 17.3 Å². The molecule has 8 heteroatoms. The molecule has 0 saturated heterocycles. The number of non-ortho nitro benzene ring substituents is 2. The molecule has 0 aliphatic rings. The molecular weight excluding hydrogens is 398 g/mol. The van der Waals surface area contributed by atoms with Gasteiger partial charge in [0.25, 0.3) is 17.3 Å². The highest BCUT2D eigenvalue weighted by Crippen LogP contribution is 2.23. The second-order valence-electron chi connectivity index (χ2n) is 7.71. The molecule has 2 aromatic rings. The molecule has 0 aliphatic carbocycles. The van der Waals surface area contributed by atoms with Gasteiger partial charge in [0, 0.05) is 12.1 Å². The van der Waals surface area contributed by atoms with Gasteiger partial charge in [-0.15, -0.1) is 0 Å². The zero-order valence-electron chi connectivity index (χ0n) is 18.0. The number of carbonyl (C=O) groups is 1. The van der Waals surface area contributed by atoms with Gasteiger partial charge >= 0.3 is 0 Å². The first-order valence-corrected chi connectivity index (χ1v) is 10.7. The molecule has 2 rings (SSSR count). The van der Waals surface area contributed by atoms with Crippen LogP contribution in [0.15, 0.2) is 42.5 Å². The van der Waals surface area contributed by atoms with E-state index in [-0.39, 0.29) is 11.6 Å². The summed E-state index contributed by atoms with van der Waals surface area (Å²) in [7, 11) is 0. The third-order valence-electron chi connectivity index (χ3n) is 5.23. The van der Waals surface area contributed by atoms with Gasteiger partial charge in [-0.25, -0.2) is 0 Å². The van der Waals surface area contributed by atoms with Crippen LogP contribution in [0.3, 0.4) is 0 Å². The Morgan fingerprint density at radius 2 is 1.45 bits per heavy atom. The Kier molecular flexibility index (Phi) is 9.12. The number of unbranched alkanes of at least 4 members (excludes halogenated alkanes) is 5. The summed E-state index contributed by atoms with van der Waals surface area (Å²) in [5.41, 5.74) is 1.02. The highest BCUT2D eigenvalue weighted by atomic mass is 16.6. The van der Waals surface area contributed by atoms with E-state index in [0.29, 0.717) is 0 Å². The first-order chi connectivity index (χ1) is 14.8. The van der Waals surface area contributed by atoms with E-state index in [4.69, 9.17) is 0 Å². The van der Waals surface area contributed by atoms with E-state index in [0.717, 1.165) is 36.6 Å². The standard InChI is InChI=1S/C23H29N3O5/c1-3-4-5-6-7-8-9-18-10-12-19(13-11-18)17(2)24-23(27)20-14-21(25(28)29)16-22(15-20)26(30)31/h10-17H,3-9H2,1-2H3,(H,24,27)/t17-/m1/s1. The van der Waals surface area contributed by atoms with Crippen molar-refractivity contribution < 1.29 is 14.6 Å². The molecule has 0 spiro atoms. The second-order valence-corrected chi connectivity index (χ2v) is 7.71. The lowest BCUT2D eigenvalue weighted by atomic mass is 10.0. The van der Waals surface area contributed by atoms with Gasteiger partial charge in [-0.1, -0.05) is 63.3 Å². The van der Waals surface area contributed by atoms with Gasteiger partial charge in [0.2, 0.25) is 0 Å². The molecule has 0 bridgehead atoms. The molecule has 1 N–H and O–H groups in total. The van der Waals surface area contributed by atoms with Gasteiger partial charge in [-0.05, 0) is 30.9 Å². The van der Waals surface area contributed by atoms with Crippen LogP contribution in [0.2, 0.25) is 0 Å². The van der Waals surface area contributed by atoms with Crippen molar-refractivity contribution in [1.82, 2.24) is 5.32 Å². The van der Waals surface area contributed by atoms with Crippen LogP contribution in [-0.4, -0.2) is 15.8 Å². The molecule has 2 aromatic carbocycles. The molecule has 31 heavy (non-hydrogen) atoms. The van der Waals surface area contributed by atoms with Crippen molar-refractivity contribution in [3.05, 3.63) is 79.4 Å². The molecule has 8 nitrogen and oxygen atoms in total. The Morgan fingerprint density at radius 3 is 2.00 bits per heavy atom. The number of rotatable bonds is 12. The van der Waals surface area contributed by atoms with Crippen molar-refractivity contribution in [2.75, 3.05) is 0 Å². The summed E-state index contributed by atoms with van der Waals surface area (Å²) in [6.07, 6.45) is 8.50. The minimum absolute atomic E-state index is 0.118. The molecule has 0 aliphatic heterocycles. The number of nitro groups is 2. The quantitative estimate of drug-likeness (QED) is 0.257. The van der Waals surface area contributed by atoms with Crippen molar-refractivity contribution in [2.45, 2.75) is 64.8 Å². The predicted octanol–water partition coefficient (Wildman–Crippen LogP) is 5.90. The molecule has 1 amide bonds. The average Bonchev–Trinajstić information content (AvgIpc) is 2.76. The van der Waals surface area contributed by atoms with E-state index in [9.17, 15) is 25.0 Å². The van der Waals surface area contributed by atoms with Gasteiger partial charge in [0.05, 0.1) is 27.5 Å². The summed E-state index contributed by atoms with van der Waals surface area (Å²) in [6.45, 7) is 4.00. The third-order valence-corrected chi connectivity index (χ3v) is 5.23. The Hall–Kier alpha value is -3.29. The van der Waals surface area contributed by atoms with Gasteiger partial charge in [-0.3, -0.25) is 25.0 Å². The molecule has 0 radical (unpaired) electrons. The van der Waals surface area contributed by atoms with Crippen LogP contribution < -0.4 is 5.32 Å². The minimum atomic E-state index is -0.754. The van der Waals surface area contributed by atoms with Crippen molar-refractivity contribution in [3.63, 3.8) is 0 Å². The van der Waals surface area contributed by atoms with Gasteiger partial charge in [-0.2, -0.15) is 0 Å². The summed E-state index contributed by atoms with van der Waals surface area (Å²) in [5, 5.41) is 24.8. The molecule has 1 atom stereocenters. The zero-order valence-corrected chi connectivity index (χ0v) is 18.0. The molecule has 0 saturated carbocycles.